The van der Waals surface area contributed by atoms with Crippen LogP contribution < -0.4 is 9.80 Å². The van der Waals surface area contributed by atoms with Gasteiger partial charge in [-0.1, -0.05) is 137 Å². The van der Waals surface area contributed by atoms with E-state index in [0.717, 1.165) is 0 Å². The van der Waals surface area contributed by atoms with Gasteiger partial charge in [-0.3, -0.25) is 0 Å². The van der Waals surface area contributed by atoms with Crippen molar-refractivity contribution in [1.82, 2.24) is 0 Å². The Morgan fingerprint density at radius 1 is 0.300 bits per heavy atom. The molecule has 0 spiro atoms. The number of benzene rings is 8. The summed E-state index contributed by atoms with van der Waals surface area (Å²) in [6.07, 6.45) is 0. The van der Waals surface area contributed by atoms with Gasteiger partial charge in [0.05, 0.1) is 0 Å². The summed E-state index contributed by atoms with van der Waals surface area (Å²) in [5.74, 6) is 0. The Kier molecular flexibility index (Phi) is 8.77. The summed E-state index contributed by atoms with van der Waals surface area (Å²) in [4.78, 5) is 4.91. The average molecular weight is 777 g/mol. The third-order valence-electron chi connectivity index (χ3n) is 13.6. The zero-order chi connectivity index (χ0) is 41.5. The Labute approximate surface area is 356 Å². The summed E-state index contributed by atoms with van der Waals surface area (Å²) in [7, 11) is 0. The minimum Gasteiger partial charge on any atom is -0.310 e. The van der Waals surface area contributed by atoms with Crippen LogP contribution >= 0.6 is 0 Å². The van der Waals surface area contributed by atoms with Crippen molar-refractivity contribution in [1.29, 1.82) is 0 Å². The summed E-state index contributed by atoms with van der Waals surface area (Å²) < 4.78 is 0. The Balaban J connectivity index is 1.04. The molecule has 0 N–H and O–H groups in total. The first-order valence-corrected chi connectivity index (χ1v) is 21.4. The highest BCUT2D eigenvalue weighted by Gasteiger charge is 2.37. The molecule has 8 aromatic carbocycles. The van der Waals surface area contributed by atoms with E-state index >= 15 is 0 Å². The third kappa shape index (κ3) is 5.84. The highest BCUT2D eigenvalue weighted by atomic mass is 15.2. The second kappa shape index (κ2) is 14.0. The standard InChI is InChI=1S/C58H52N2/c1-37-17-9-15-23-53(37)59(43-27-29-47-45-19-11-13-21-49(45)57(5,6)51(47)35-43)55-31-25-41(33-39(55)3)42-26-32-56(40(4)34-42)60(54-24-16-10-18-38(54)2)44-28-30-48-46-20-12-14-22-50(46)58(7,8)52(48)36-44/h9-36H,1-8H3. The van der Waals surface area contributed by atoms with E-state index in [9.17, 15) is 0 Å². The fourth-order valence-electron chi connectivity index (χ4n) is 10.3. The average Bonchev–Trinajstić information content (AvgIpc) is 3.62. The molecule has 60 heavy (non-hydrogen) atoms. The summed E-state index contributed by atoms with van der Waals surface area (Å²) >= 11 is 0. The zero-order valence-electron chi connectivity index (χ0n) is 36.1. The molecule has 294 valence electrons. The summed E-state index contributed by atoms with van der Waals surface area (Å²) in [5.41, 5.74) is 25.2. The van der Waals surface area contributed by atoms with Crippen LogP contribution in [0.2, 0.25) is 0 Å². The Morgan fingerprint density at radius 2 is 0.650 bits per heavy atom. The number of nitrogens with zero attached hydrogens (tertiary/aromatic N) is 2. The van der Waals surface area contributed by atoms with E-state index in [-0.39, 0.29) is 10.8 Å². The number of para-hydroxylation sites is 2. The van der Waals surface area contributed by atoms with Crippen LogP contribution in [0.25, 0.3) is 33.4 Å². The molecule has 0 unspecified atom stereocenters. The molecule has 0 heterocycles. The minimum absolute atomic E-state index is 0.0833. The first-order valence-electron chi connectivity index (χ1n) is 21.4. The van der Waals surface area contributed by atoms with Crippen molar-refractivity contribution in [3.05, 3.63) is 214 Å². The molecule has 0 saturated heterocycles. The number of hydrogen-bond donors (Lipinski definition) is 0. The van der Waals surface area contributed by atoms with Crippen molar-refractivity contribution in [2.75, 3.05) is 9.80 Å². The van der Waals surface area contributed by atoms with Crippen molar-refractivity contribution in [2.45, 2.75) is 66.2 Å². The van der Waals surface area contributed by atoms with Crippen LogP contribution in [0, 0.1) is 27.7 Å². The Morgan fingerprint density at radius 3 is 1.05 bits per heavy atom. The minimum atomic E-state index is -0.0833. The highest BCUT2D eigenvalue weighted by Crippen LogP contribution is 2.53. The summed E-state index contributed by atoms with van der Waals surface area (Å²) in [5, 5.41) is 0. The van der Waals surface area contributed by atoms with E-state index in [1.54, 1.807) is 0 Å². The topological polar surface area (TPSA) is 6.48 Å². The van der Waals surface area contributed by atoms with Gasteiger partial charge in [-0.2, -0.15) is 0 Å². The molecule has 2 nitrogen and oxygen atoms in total. The number of fused-ring (bicyclic) bond motifs is 6. The van der Waals surface area contributed by atoms with Gasteiger partial charge >= 0.3 is 0 Å². The van der Waals surface area contributed by atoms with Crippen molar-refractivity contribution in [3.63, 3.8) is 0 Å². The quantitative estimate of drug-likeness (QED) is 0.159. The molecule has 2 aliphatic rings. The van der Waals surface area contributed by atoms with Gasteiger partial charge in [-0.15, -0.1) is 0 Å². The predicted molar refractivity (Wildman–Crippen MR) is 255 cm³/mol. The maximum absolute atomic E-state index is 2.46. The molecule has 2 aliphatic carbocycles. The highest BCUT2D eigenvalue weighted by molar-refractivity contribution is 5.89. The van der Waals surface area contributed by atoms with Crippen molar-refractivity contribution < 1.29 is 0 Å². The third-order valence-corrected chi connectivity index (χ3v) is 13.6. The Hall–Kier alpha value is -6.64. The first-order chi connectivity index (χ1) is 28.9. The SMILES string of the molecule is Cc1ccccc1N(c1ccc2c(c1)C(C)(C)c1ccccc1-2)c1ccc(-c2ccc(N(c3ccc4c(c3)C(C)(C)c3ccccc3-4)c3ccccc3C)c(C)c2)cc1C. The molecule has 0 bridgehead atoms. The molecule has 8 aromatic rings. The van der Waals surface area contributed by atoms with Crippen LogP contribution in [0.5, 0.6) is 0 Å². The first kappa shape index (κ1) is 37.6. The van der Waals surface area contributed by atoms with Gasteiger partial charge in [0, 0.05) is 45.0 Å². The maximum Gasteiger partial charge on any atom is 0.0491 e. The molecule has 10 rings (SSSR count). The smallest absolute Gasteiger partial charge is 0.0491 e. The van der Waals surface area contributed by atoms with Gasteiger partial charge < -0.3 is 9.80 Å². The van der Waals surface area contributed by atoms with Crippen molar-refractivity contribution in [2.24, 2.45) is 0 Å². The second-order valence-corrected chi connectivity index (χ2v) is 18.0. The van der Waals surface area contributed by atoms with Gasteiger partial charge in [-0.05, 0) is 166 Å². The number of rotatable bonds is 7. The van der Waals surface area contributed by atoms with Gasteiger partial charge in [0.25, 0.3) is 0 Å². The van der Waals surface area contributed by atoms with E-state index in [2.05, 4.69) is 235 Å². The van der Waals surface area contributed by atoms with Crippen LogP contribution in [0.1, 0.15) is 72.2 Å². The summed E-state index contributed by atoms with van der Waals surface area (Å²) in [6, 6.07) is 63.4. The van der Waals surface area contributed by atoms with Crippen LogP contribution in [0.4, 0.5) is 34.1 Å². The molecule has 0 aromatic heterocycles. The van der Waals surface area contributed by atoms with Gasteiger partial charge in [-0.25, -0.2) is 0 Å². The lowest BCUT2D eigenvalue weighted by atomic mass is 9.82. The number of hydrogen-bond acceptors (Lipinski definition) is 2. The maximum atomic E-state index is 2.46. The Bertz CT molecular complexity index is 2800. The monoisotopic (exact) mass is 776 g/mol. The zero-order valence-corrected chi connectivity index (χ0v) is 36.1. The van der Waals surface area contributed by atoms with Crippen LogP contribution in [0.3, 0.4) is 0 Å². The molecule has 0 radical (unpaired) electrons. The lowest BCUT2D eigenvalue weighted by molar-refractivity contribution is 0.660. The van der Waals surface area contributed by atoms with Crippen molar-refractivity contribution in [3.8, 4) is 33.4 Å². The van der Waals surface area contributed by atoms with Gasteiger partial charge in [0.1, 0.15) is 0 Å². The van der Waals surface area contributed by atoms with Crippen LogP contribution in [0.15, 0.2) is 170 Å². The molecule has 0 aliphatic heterocycles. The molecule has 0 atom stereocenters. The van der Waals surface area contributed by atoms with Crippen molar-refractivity contribution >= 4 is 34.1 Å². The largest absolute Gasteiger partial charge is 0.310 e. The van der Waals surface area contributed by atoms with E-state index in [4.69, 9.17) is 0 Å². The van der Waals surface area contributed by atoms with E-state index in [1.807, 2.05) is 0 Å². The van der Waals surface area contributed by atoms with Gasteiger partial charge in [0.2, 0.25) is 0 Å². The fraction of sp³-hybridized carbons (Fsp3) is 0.172. The van der Waals surface area contributed by atoms with Crippen LogP contribution in [-0.2, 0) is 10.8 Å². The molecule has 0 amide bonds. The number of anilines is 6. The van der Waals surface area contributed by atoms with E-state index in [0.29, 0.717) is 0 Å². The fourth-order valence-corrected chi connectivity index (χ4v) is 10.3. The normalized spacial score (nSPS) is 13.9. The lowest BCUT2D eigenvalue weighted by Gasteiger charge is -2.31. The van der Waals surface area contributed by atoms with E-state index < -0.39 is 0 Å². The second-order valence-electron chi connectivity index (χ2n) is 18.0. The molecular weight excluding hydrogens is 725 g/mol. The molecule has 0 saturated carbocycles. The summed E-state index contributed by atoms with van der Waals surface area (Å²) in [6.45, 7) is 18.4. The van der Waals surface area contributed by atoms with Gasteiger partial charge in [0.15, 0.2) is 0 Å². The number of aryl methyl sites for hydroxylation is 4. The molecular formula is C58H52N2. The predicted octanol–water partition coefficient (Wildman–Crippen LogP) is 16.1. The molecule has 2 heteroatoms. The van der Waals surface area contributed by atoms with Crippen LogP contribution in [-0.4, -0.2) is 0 Å². The lowest BCUT2D eigenvalue weighted by Crippen LogP contribution is -2.17. The molecule has 0 fully saturated rings. The van der Waals surface area contributed by atoms with E-state index in [1.165, 1.54) is 112 Å².